The molecule has 1 saturated carbocycles. The molecule has 1 aliphatic carbocycles. The lowest BCUT2D eigenvalue weighted by Crippen LogP contribution is -2.16. The van der Waals surface area contributed by atoms with Gasteiger partial charge >= 0.3 is 0 Å². The van der Waals surface area contributed by atoms with Crippen LogP contribution in [0.25, 0.3) is 21.6 Å². The summed E-state index contributed by atoms with van der Waals surface area (Å²) < 4.78 is 0. The molecule has 1 heterocycles. The third-order valence-electron chi connectivity index (χ3n) is 5.39. The minimum absolute atomic E-state index is 0.0976. The van der Waals surface area contributed by atoms with Crippen LogP contribution in [0.3, 0.4) is 0 Å². The third-order valence-corrected chi connectivity index (χ3v) is 6.35. The molecule has 2 nitrogen and oxygen atoms in total. The Morgan fingerprint density at radius 2 is 1.35 bits per heavy atom. The first-order valence-corrected chi connectivity index (χ1v) is 9.70. The van der Waals surface area contributed by atoms with Gasteiger partial charge in [-0.05, 0) is 60.4 Å². The molecule has 4 rings (SSSR count). The van der Waals surface area contributed by atoms with Crippen LogP contribution in [0.4, 0.5) is 0 Å². The van der Waals surface area contributed by atoms with E-state index in [1.807, 2.05) is 11.4 Å². The Labute approximate surface area is 157 Å². The SMILES string of the molecule is CC(=O)c1ccsc1-c1ccc(-c2ccc(C3(C(C)=O)CC3)cc2)cc1. The normalized spacial score (nSPS) is 14.8. The Morgan fingerprint density at radius 3 is 1.85 bits per heavy atom. The molecule has 0 atom stereocenters. The van der Waals surface area contributed by atoms with E-state index in [2.05, 4.69) is 48.5 Å². The van der Waals surface area contributed by atoms with E-state index in [0.717, 1.165) is 45.5 Å². The van der Waals surface area contributed by atoms with Crippen molar-refractivity contribution in [2.45, 2.75) is 32.1 Å². The molecule has 0 bridgehead atoms. The lowest BCUT2D eigenvalue weighted by Gasteiger charge is -2.12. The van der Waals surface area contributed by atoms with Crippen LogP contribution in [0.15, 0.2) is 60.0 Å². The first-order valence-electron chi connectivity index (χ1n) is 8.82. The fourth-order valence-corrected chi connectivity index (χ4v) is 4.53. The number of carbonyl (C=O) groups is 2. The number of thiophene rings is 1. The number of benzene rings is 2. The van der Waals surface area contributed by atoms with E-state index < -0.39 is 0 Å². The van der Waals surface area contributed by atoms with Gasteiger partial charge in [0.25, 0.3) is 0 Å². The Kier molecular flexibility index (Phi) is 4.12. The topological polar surface area (TPSA) is 34.1 Å². The smallest absolute Gasteiger partial charge is 0.161 e. The van der Waals surface area contributed by atoms with Gasteiger partial charge in [-0.2, -0.15) is 0 Å². The van der Waals surface area contributed by atoms with Crippen LogP contribution in [-0.4, -0.2) is 11.6 Å². The molecule has 0 aliphatic heterocycles. The summed E-state index contributed by atoms with van der Waals surface area (Å²) in [6.45, 7) is 3.30. The van der Waals surface area contributed by atoms with Crippen molar-refractivity contribution in [2.24, 2.45) is 0 Å². The van der Waals surface area contributed by atoms with E-state index >= 15 is 0 Å². The van der Waals surface area contributed by atoms with Crippen molar-refractivity contribution >= 4 is 22.9 Å². The molecule has 0 amide bonds. The van der Waals surface area contributed by atoms with Crippen molar-refractivity contribution in [3.63, 3.8) is 0 Å². The van der Waals surface area contributed by atoms with Crippen molar-refractivity contribution in [1.82, 2.24) is 0 Å². The quantitative estimate of drug-likeness (QED) is 0.530. The van der Waals surface area contributed by atoms with Crippen LogP contribution >= 0.6 is 11.3 Å². The van der Waals surface area contributed by atoms with E-state index in [9.17, 15) is 9.59 Å². The van der Waals surface area contributed by atoms with Crippen LogP contribution in [0.5, 0.6) is 0 Å². The van der Waals surface area contributed by atoms with Gasteiger partial charge in [0.05, 0.1) is 5.41 Å². The van der Waals surface area contributed by atoms with E-state index in [1.54, 1.807) is 25.2 Å². The summed E-state index contributed by atoms with van der Waals surface area (Å²) in [5.41, 5.74) is 5.04. The van der Waals surface area contributed by atoms with Crippen LogP contribution in [0, 0.1) is 0 Å². The fourth-order valence-electron chi connectivity index (χ4n) is 3.57. The lowest BCUT2D eigenvalue weighted by molar-refractivity contribution is -0.119. The van der Waals surface area contributed by atoms with Crippen molar-refractivity contribution in [1.29, 1.82) is 0 Å². The highest BCUT2D eigenvalue weighted by molar-refractivity contribution is 7.14. The average Bonchev–Trinajstić information content (AvgIpc) is 3.32. The number of rotatable bonds is 5. The average molecular weight is 360 g/mol. The Balaban J connectivity index is 1.60. The summed E-state index contributed by atoms with van der Waals surface area (Å²) in [4.78, 5) is 24.6. The maximum absolute atomic E-state index is 11.9. The lowest BCUT2D eigenvalue weighted by atomic mass is 9.90. The van der Waals surface area contributed by atoms with Crippen molar-refractivity contribution < 1.29 is 9.59 Å². The van der Waals surface area contributed by atoms with E-state index in [1.165, 1.54) is 0 Å². The van der Waals surface area contributed by atoms with Gasteiger partial charge in [-0.15, -0.1) is 11.3 Å². The second-order valence-electron chi connectivity index (χ2n) is 7.01. The molecule has 2 aromatic carbocycles. The molecule has 0 saturated heterocycles. The zero-order valence-corrected chi connectivity index (χ0v) is 15.7. The maximum atomic E-state index is 11.9. The summed E-state index contributed by atoms with van der Waals surface area (Å²) in [5, 5.41) is 1.96. The highest BCUT2D eigenvalue weighted by Gasteiger charge is 2.48. The van der Waals surface area contributed by atoms with Gasteiger partial charge in [-0.25, -0.2) is 0 Å². The molecule has 1 aromatic heterocycles. The molecular formula is C23H20O2S. The number of hydrogen-bond acceptors (Lipinski definition) is 3. The third kappa shape index (κ3) is 2.82. The zero-order chi connectivity index (χ0) is 18.3. The van der Waals surface area contributed by atoms with E-state index in [4.69, 9.17) is 0 Å². The number of Topliss-reactive ketones (excluding diaryl/α,β-unsaturated/α-hetero) is 2. The summed E-state index contributed by atoms with van der Waals surface area (Å²) in [6, 6.07) is 18.6. The summed E-state index contributed by atoms with van der Waals surface area (Å²) in [5.74, 6) is 0.368. The summed E-state index contributed by atoms with van der Waals surface area (Å²) in [7, 11) is 0. The molecule has 130 valence electrons. The van der Waals surface area contributed by atoms with Gasteiger partial charge in [0, 0.05) is 10.4 Å². The van der Waals surface area contributed by atoms with Crippen LogP contribution < -0.4 is 0 Å². The van der Waals surface area contributed by atoms with Crippen molar-refractivity contribution in [2.75, 3.05) is 0 Å². The largest absolute Gasteiger partial charge is 0.299 e. The van der Waals surface area contributed by atoms with Crippen molar-refractivity contribution in [3.8, 4) is 21.6 Å². The molecule has 0 spiro atoms. The minimum Gasteiger partial charge on any atom is -0.299 e. The number of hydrogen-bond donors (Lipinski definition) is 0. The highest BCUT2D eigenvalue weighted by atomic mass is 32.1. The van der Waals surface area contributed by atoms with Crippen molar-refractivity contribution in [3.05, 3.63) is 71.1 Å². The standard InChI is InChI=1S/C23H20O2S/c1-15(24)21-11-14-26-22(21)19-5-3-17(4-6-19)18-7-9-20(10-8-18)23(12-13-23)16(2)25/h3-11,14H,12-13H2,1-2H3. The predicted molar refractivity (Wildman–Crippen MR) is 107 cm³/mol. The van der Waals surface area contributed by atoms with Crippen LogP contribution in [-0.2, 0) is 10.2 Å². The molecule has 3 aromatic rings. The van der Waals surface area contributed by atoms with E-state index in [-0.39, 0.29) is 17.0 Å². The zero-order valence-electron chi connectivity index (χ0n) is 14.9. The second kappa shape index (κ2) is 6.33. The summed E-state index contributed by atoms with van der Waals surface area (Å²) in [6.07, 6.45) is 1.94. The van der Waals surface area contributed by atoms with Gasteiger partial charge in [0.1, 0.15) is 5.78 Å². The van der Waals surface area contributed by atoms with Gasteiger partial charge in [-0.3, -0.25) is 9.59 Å². The highest BCUT2D eigenvalue weighted by Crippen LogP contribution is 2.49. The second-order valence-corrected chi connectivity index (χ2v) is 7.93. The van der Waals surface area contributed by atoms with Crippen LogP contribution in [0.2, 0.25) is 0 Å². The maximum Gasteiger partial charge on any atom is 0.161 e. The van der Waals surface area contributed by atoms with Gasteiger partial charge in [0.2, 0.25) is 0 Å². The molecular weight excluding hydrogens is 340 g/mol. The first-order chi connectivity index (χ1) is 12.5. The van der Waals surface area contributed by atoms with E-state index in [0.29, 0.717) is 0 Å². The van der Waals surface area contributed by atoms with Gasteiger partial charge in [-0.1, -0.05) is 48.5 Å². The fraction of sp³-hybridized carbons (Fsp3) is 0.217. The number of ketones is 2. The summed E-state index contributed by atoms with van der Waals surface area (Å²) >= 11 is 1.59. The molecule has 3 heteroatoms. The molecule has 0 radical (unpaired) electrons. The molecule has 1 fully saturated rings. The number of carbonyl (C=O) groups excluding carboxylic acids is 2. The Morgan fingerprint density at radius 1 is 0.808 bits per heavy atom. The van der Waals surface area contributed by atoms with Crippen LogP contribution in [0.1, 0.15) is 42.6 Å². The molecule has 1 aliphatic rings. The Hall–Kier alpha value is -2.52. The minimum atomic E-state index is -0.218. The van der Waals surface area contributed by atoms with Gasteiger partial charge < -0.3 is 0 Å². The Bertz CT molecular complexity index is 974. The first kappa shape index (κ1) is 16.9. The molecule has 0 unspecified atom stereocenters. The predicted octanol–water partition coefficient (Wildman–Crippen LogP) is 5.91. The molecule has 0 N–H and O–H groups in total. The monoisotopic (exact) mass is 360 g/mol. The van der Waals surface area contributed by atoms with Gasteiger partial charge in [0.15, 0.2) is 5.78 Å². The molecule has 26 heavy (non-hydrogen) atoms.